The molecule has 1 heterocycles. The first kappa shape index (κ1) is 30.7. The van der Waals surface area contributed by atoms with E-state index in [0.29, 0.717) is 39.5 Å². The summed E-state index contributed by atoms with van der Waals surface area (Å²) in [5.74, 6) is 1.82. The Morgan fingerprint density at radius 2 is 1.26 bits per heavy atom. The molecule has 0 aliphatic carbocycles. The highest BCUT2D eigenvalue weighted by molar-refractivity contribution is 7.89. The number of aryl methyl sites for hydroxylation is 1. The van der Waals surface area contributed by atoms with Gasteiger partial charge in [-0.2, -0.15) is 0 Å². The van der Waals surface area contributed by atoms with Gasteiger partial charge in [-0.15, -0.1) is 0 Å². The minimum absolute atomic E-state index is 0.177. The monoisotopic (exact) mass is 592 g/mol. The number of aromatic nitrogens is 1. The third kappa shape index (κ3) is 4.70. The number of ether oxygens (including phenoxy) is 4. The summed E-state index contributed by atoms with van der Waals surface area (Å²) in [4.78, 5) is 13.9. The summed E-state index contributed by atoms with van der Waals surface area (Å²) < 4.78 is 50.7. The maximum Gasteiger partial charge on any atom is 0.262 e. The molecule has 0 aliphatic heterocycles. The van der Waals surface area contributed by atoms with Crippen LogP contribution in [-0.2, 0) is 17.1 Å². The van der Waals surface area contributed by atoms with E-state index in [2.05, 4.69) is 0 Å². The molecule has 222 valence electrons. The Kier molecular flexibility index (Phi) is 8.70. The number of pyridine rings is 1. The number of fused-ring (bicyclic) bond motifs is 5. The van der Waals surface area contributed by atoms with E-state index in [1.807, 2.05) is 38.1 Å². The van der Waals surface area contributed by atoms with Gasteiger partial charge in [0.1, 0.15) is 0 Å². The minimum atomic E-state index is -3.60. The molecule has 9 nitrogen and oxygen atoms in total. The molecule has 0 spiro atoms. The first-order valence-electron chi connectivity index (χ1n) is 13.4. The molecule has 5 aromatic rings. The molecule has 0 unspecified atom stereocenters. The van der Waals surface area contributed by atoms with Crippen molar-refractivity contribution >= 4 is 42.5 Å². The summed E-state index contributed by atoms with van der Waals surface area (Å²) in [6.45, 7) is 4.00. The van der Waals surface area contributed by atoms with Gasteiger partial charge in [-0.1, -0.05) is 38.1 Å². The number of hydrogen-bond donors (Lipinski definition) is 0. The van der Waals surface area contributed by atoms with E-state index in [9.17, 15) is 13.2 Å². The van der Waals surface area contributed by atoms with Crippen LogP contribution in [0, 0.1) is 0 Å². The van der Waals surface area contributed by atoms with Crippen molar-refractivity contribution in [3.05, 3.63) is 65.0 Å². The lowest BCUT2D eigenvalue weighted by Crippen LogP contribution is -2.22. The number of hydrogen-bond acceptors (Lipinski definition) is 7. The van der Waals surface area contributed by atoms with Crippen LogP contribution in [0.15, 0.2) is 64.3 Å². The quantitative estimate of drug-likeness (QED) is 0.220. The molecule has 0 N–H and O–H groups in total. The number of benzene rings is 4. The lowest BCUT2D eigenvalue weighted by Gasteiger charge is -2.20. The SMILES string of the molecule is CC.COc1cc2c(ccc3c4ccc(OC)c(OC)c4c(=O)n(C)c23)c(-c2ccc(S(=O)(=O)N(C)C)cc2)c1OC. The molecular formula is C32H36N2O7S. The van der Waals surface area contributed by atoms with E-state index in [4.69, 9.17) is 18.9 Å². The van der Waals surface area contributed by atoms with Crippen LogP contribution in [0.5, 0.6) is 23.0 Å². The first-order chi connectivity index (χ1) is 20.1. The molecule has 0 saturated carbocycles. The second-order valence-electron chi connectivity index (χ2n) is 9.44. The van der Waals surface area contributed by atoms with Gasteiger partial charge in [-0.3, -0.25) is 4.79 Å². The van der Waals surface area contributed by atoms with Crippen molar-refractivity contribution in [1.82, 2.24) is 8.87 Å². The molecule has 1 aromatic heterocycles. The van der Waals surface area contributed by atoms with Crippen LogP contribution in [0.4, 0.5) is 0 Å². The molecular weight excluding hydrogens is 556 g/mol. The fraction of sp³-hybridized carbons (Fsp3) is 0.281. The van der Waals surface area contributed by atoms with Gasteiger partial charge in [0.25, 0.3) is 5.56 Å². The van der Waals surface area contributed by atoms with Crippen molar-refractivity contribution in [1.29, 1.82) is 0 Å². The summed E-state index contributed by atoms with van der Waals surface area (Å²) in [6.07, 6.45) is 0. The Morgan fingerprint density at radius 3 is 1.81 bits per heavy atom. The average molecular weight is 593 g/mol. The molecule has 0 fully saturated rings. The number of nitrogens with zero attached hydrogens (tertiary/aromatic N) is 2. The summed E-state index contributed by atoms with van der Waals surface area (Å²) in [5.41, 5.74) is 1.92. The topological polar surface area (TPSA) is 96.3 Å². The second kappa shape index (κ2) is 11.9. The molecule has 4 aromatic carbocycles. The van der Waals surface area contributed by atoms with Crippen molar-refractivity contribution in [2.75, 3.05) is 42.5 Å². The zero-order valence-electron chi connectivity index (χ0n) is 25.4. The number of rotatable bonds is 7. The van der Waals surface area contributed by atoms with Crippen LogP contribution in [0.3, 0.4) is 0 Å². The Hall–Kier alpha value is -4.28. The first-order valence-corrected chi connectivity index (χ1v) is 14.8. The highest BCUT2D eigenvalue weighted by Gasteiger charge is 2.23. The molecule has 0 atom stereocenters. The average Bonchev–Trinajstić information content (AvgIpc) is 3.02. The standard InChI is InChI=1S/C30H30N2O7S.C2H6/c1-31(2)40(34,35)18-10-8-17(9-11-18)25-20-12-13-21-19-14-15-23(36-4)28(38-6)26(19)30(33)32(3)27(21)22(20)16-24(37-5)29(25)39-7;1-2/h8-16H,1-7H3;1-2H3. The Labute approximate surface area is 245 Å². The van der Waals surface area contributed by atoms with Gasteiger partial charge in [0, 0.05) is 42.9 Å². The van der Waals surface area contributed by atoms with E-state index in [1.54, 1.807) is 56.2 Å². The van der Waals surface area contributed by atoms with Crippen LogP contribution >= 0.6 is 0 Å². The van der Waals surface area contributed by atoms with Gasteiger partial charge < -0.3 is 23.5 Å². The van der Waals surface area contributed by atoms with Crippen molar-refractivity contribution in [2.24, 2.45) is 7.05 Å². The predicted octanol–water partition coefficient (Wildman–Crippen LogP) is 5.82. The maximum atomic E-state index is 13.8. The van der Waals surface area contributed by atoms with E-state index in [-0.39, 0.29) is 10.5 Å². The third-order valence-corrected chi connectivity index (χ3v) is 9.08. The van der Waals surface area contributed by atoms with Crippen molar-refractivity contribution < 1.29 is 27.4 Å². The lowest BCUT2D eigenvalue weighted by atomic mass is 9.93. The maximum absolute atomic E-state index is 13.8. The Bertz CT molecular complexity index is 1960. The molecule has 0 amide bonds. The fourth-order valence-electron chi connectivity index (χ4n) is 5.27. The second-order valence-corrected chi connectivity index (χ2v) is 11.6. The van der Waals surface area contributed by atoms with Crippen LogP contribution in [-0.4, -0.2) is 59.8 Å². The van der Waals surface area contributed by atoms with E-state index < -0.39 is 10.0 Å². The largest absolute Gasteiger partial charge is 0.493 e. The molecule has 0 bridgehead atoms. The molecule has 0 radical (unpaired) electrons. The highest BCUT2D eigenvalue weighted by Crippen LogP contribution is 2.47. The van der Waals surface area contributed by atoms with E-state index in [1.165, 1.54) is 32.6 Å². The Morgan fingerprint density at radius 1 is 0.690 bits per heavy atom. The minimum Gasteiger partial charge on any atom is -0.493 e. The molecule has 42 heavy (non-hydrogen) atoms. The van der Waals surface area contributed by atoms with Gasteiger partial charge in [0.15, 0.2) is 23.0 Å². The van der Waals surface area contributed by atoms with Crippen molar-refractivity contribution in [2.45, 2.75) is 18.7 Å². The Balaban J connectivity index is 0.00000198. The van der Waals surface area contributed by atoms with Gasteiger partial charge in [0.05, 0.1) is 44.2 Å². The summed E-state index contributed by atoms with van der Waals surface area (Å²) >= 11 is 0. The fourth-order valence-corrected chi connectivity index (χ4v) is 6.17. The normalized spacial score (nSPS) is 11.5. The predicted molar refractivity (Wildman–Crippen MR) is 168 cm³/mol. The zero-order valence-corrected chi connectivity index (χ0v) is 26.2. The number of methoxy groups -OCH3 is 4. The molecule has 0 aliphatic rings. The highest BCUT2D eigenvalue weighted by atomic mass is 32.2. The molecule has 10 heteroatoms. The van der Waals surface area contributed by atoms with Gasteiger partial charge in [-0.25, -0.2) is 12.7 Å². The third-order valence-electron chi connectivity index (χ3n) is 7.25. The van der Waals surface area contributed by atoms with Gasteiger partial charge in [-0.05, 0) is 41.3 Å². The van der Waals surface area contributed by atoms with Crippen LogP contribution in [0.1, 0.15) is 13.8 Å². The smallest absolute Gasteiger partial charge is 0.262 e. The van der Waals surface area contributed by atoms with Crippen molar-refractivity contribution in [3.8, 4) is 34.1 Å². The van der Waals surface area contributed by atoms with E-state index >= 15 is 0 Å². The number of sulfonamides is 1. The van der Waals surface area contributed by atoms with Crippen molar-refractivity contribution in [3.63, 3.8) is 0 Å². The van der Waals surface area contributed by atoms with Crippen LogP contribution in [0.2, 0.25) is 0 Å². The lowest BCUT2D eigenvalue weighted by molar-refractivity contribution is 0.357. The molecule has 5 rings (SSSR count). The van der Waals surface area contributed by atoms with E-state index in [0.717, 1.165) is 27.1 Å². The van der Waals surface area contributed by atoms with Crippen LogP contribution < -0.4 is 24.5 Å². The van der Waals surface area contributed by atoms with Gasteiger partial charge >= 0.3 is 0 Å². The zero-order chi connectivity index (χ0) is 30.9. The summed E-state index contributed by atoms with van der Waals surface area (Å²) in [7, 11) is 7.27. The summed E-state index contributed by atoms with van der Waals surface area (Å²) in [5, 5.41) is 3.58. The molecule has 0 saturated heterocycles. The van der Waals surface area contributed by atoms with Crippen LogP contribution in [0.25, 0.3) is 43.6 Å². The summed E-state index contributed by atoms with van der Waals surface area (Å²) in [6, 6.07) is 16.1. The van der Waals surface area contributed by atoms with Gasteiger partial charge in [0.2, 0.25) is 10.0 Å².